The summed E-state index contributed by atoms with van der Waals surface area (Å²) in [6.07, 6.45) is 0.465. The van der Waals surface area contributed by atoms with E-state index in [0.717, 1.165) is 6.08 Å². The van der Waals surface area contributed by atoms with Crippen LogP contribution in [0, 0.1) is 0 Å². The predicted octanol–water partition coefficient (Wildman–Crippen LogP) is 2.55. The minimum atomic E-state index is -2.06. The van der Waals surface area contributed by atoms with E-state index in [9.17, 15) is 19.8 Å². The van der Waals surface area contributed by atoms with Crippen LogP contribution in [0.15, 0.2) is 24.0 Å². The molecule has 3 N–H and O–H groups in total. The number of aliphatic hydroxyl groups is 2. The SMILES string of the molecule is CC(=O)/C=C(\O)CC1(O)C(=O)Nc2c(Cl)ccc(Cl)c21. The number of ketones is 1. The third-order valence-corrected chi connectivity index (χ3v) is 3.57. The molecule has 7 heteroatoms. The van der Waals surface area contributed by atoms with Crippen molar-refractivity contribution >= 4 is 40.6 Å². The number of benzene rings is 1. The minimum Gasteiger partial charge on any atom is -0.512 e. The number of hydrogen-bond acceptors (Lipinski definition) is 4. The van der Waals surface area contributed by atoms with Crippen molar-refractivity contribution in [2.24, 2.45) is 0 Å². The lowest BCUT2D eigenvalue weighted by atomic mass is 9.90. The average molecular weight is 316 g/mol. The molecule has 1 unspecified atom stereocenters. The van der Waals surface area contributed by atoms with Crippen LogP contribution in [-0.2, 0) is 15.2 Å². The van der Waals surface area contributed by atoms with Crippen LogP contribution in [0.25, 0.3) is 0 Å². The second kappa shape index (κ2) is 5.09. The molecule has 0 fully saturated rings. The Labute approximate surface area is 124 Å². The van der Waals surface area contributed by atoms with E-state index in [4.69, 9.17) is 23.2 Å². The number of halogens is 2. The summed E-state index contributed by atoms with van der Waals surface area (Å²) in [6.45, 7) is 1.24. The number of nitrogens with one attached hydrogen (secondary N) is 1. The lowest BCUT2D eigenvalue weighted by Gasteiger charge is -2.21. The molecule has 1 atom stereocenters. The number of allylic oxidation sites excluding steroid dienone is 1. The molecule has 1 aliphatic heterocycles. The second-order valence-electron chi connectivity index (χ2n) is 4.52. The number of carbonyl (C=O) groups is 2. The van der Waals surface area contributed by atoms with Gasteiger partial charge in [-0.1, -0.05) is 23.2 Å². The number of hydrogen-bond donors (Lipinski definition) is 3. The van der Waals surface area contributed by atoms with Gasteiger partial charge in [0.2, 0.25) is 0 Å². The minimum absolute atomic E-state index is 0.0974. The number of fused-ring (bicyclic) bond motifs is 1. The highest BCUT2D eigenvalue weighted by atomic mass is 35.5. The average Bonchev–Trinajstić information content (AvgIpc) is 2.57. The van der Waals surface area contributed by atoms with Gasteiger partial charge in [-0.15, -0.1) is 0 Å². The zero-order chi connectivity index (χ0) is 15.1. The molecule has 0 aromatic heterocycles. The zero-order valence-electron chi connectivity index (χ0n) is 10.4. The normalized spacial score (nSPS) is 21.6. The maximum atomic E-state index is 12.0. The van der Waals surface area contributed by atoms with E-state index < -0.39 is 29.5 Å². The van der Waals surface area contributed by atoms with E-state index in [2.05, 4.69) is 5.32 Å². The van der Waals surface area contributed by atoms with E-state index in [-0.39, 0.29) is 21.3 Å². The van der Waals surface area contributed by atoms with Gasteiger partial charge in [0.25, 0.3) is 5.91 Å². The molecule has 0 bridgehead atoms. The van der Waals surface area contributed by atoms with Crippen LogP contribution in [0.1, 0.15) is 18.9 Å². The molecular formula is C13H11Cl2NO4. The Morgan fingerprint density at radius 1 is 1.40 bits per heavy atom. The molecule has 2 rings (SSSR count). The van der Waals surface area contributed by atoms with Crippen molar-refractivity contribution in [3.63, 3.8) is 0 Å². The van der Waals surface area contributed by atoms with Gasteiger partial charge in [0.15, 0.2) is 11.4 Å². The highest BCUT2D eigenvalue weighted by Crippen LogP contribution is 2.46. The molecule has 5 nitrogen and oxygen atoms in total. The van der Waals surface area contributed by atoms with E-state index in [0.29, 0.717) is 0 Å². The highest BCUT2D eigenvalue weighted by molar-refractivity contribution is 6.38. The Kier molecular flexibility index (Phi) is 3.77. The predicted molar refractivity (Wildman–Crippen MR) is 75.0 cm³/mol. The smallest absolute Gasteiger partial charge is 0.261 e. The van der Waals surface area contributed by atoms with Gasteiger partial charge >= 0.3 is 0 Å². The van der Waals surface area contributed by atoms with Gasteiger partial charge in [-0.2, -0.15) is 0 Å². The van der Waals surface area contributed by atoms with Gasteiger partial charge in [-0.3, -0.25) is 9.59 Å². The molecule has 0 aliphatic carbocycles. The van der Waals surface area contributed by atoms with Gasteiger partial charge in [0.1, 0.15) is 0 Å². The van der Waals surface area contributed by atoms with Crippen LogP contribution in [0.3, 0.4) is 0 Å². The van der Waals surface area contributed by atoms with Crippen LogP contribution >= 0.6 is 23.2 Å². The number of aliphatic hydroxyl groups excluding tert-OH is 1. The molecule has 0 saturated heterocycles. The maximum absolute atomic E-state index is 12.0. The Morgan fingerprint density at radius 2 is 2.00 bits per heavy atom. The molecule has 1 aliphatic rings. The zero-order valence-corrected chi connectivity index (χ0v) is 11.9. The van der Waals surface area contributed by atoms with Gasteiger partial charge in [0.05, 0.1) is 16.5 Å². The summed E-state index contributed by atoms with van der Waals surface area (Å²) in [7, 11) is 0. The Morgan fingerprint density at radius 3 is 2.60 bits per heavy atom. The Bertz CT molecular complexity index is 642. The first kappa shape index (κ1) is 14.8. The molecule has 106 valence electrons. The first-order chi connectivity index (χ1) is 9.25. The van der Waals surface area contributed by atoms with Gasteiger partial charge in [-0.25, -0.2) is 0 Å². The lowest BCUT2D eigenvalue weighted by Crippen LogP contribution is -2.34. The molecule has 1 amide bonds. The van der Waals surface area contributed by atoms with Crippen LogP contribution in [0.5, 0.6) is 0 Å². The third kappa shape index (κ3) is 2.40. The molecule has 1 aromatic carbocycles. The number of rotatable bonds is 3. The monoisotopic (exact) mass is 315 g/mol. The molecule has 1 heterocycles. The summed E-state index contributed by atoms with van der Waals surface area (Å²) >= 11 is 11.9. The van der Waals surface area contributed by atoms with Crippen LogP contribution in [0.2, 0.25) is 10.0 Å². The van der Waals surface area contributed by atoms with Crippen molar-refractivity contribution in [3.8, 4) is 0 Å². The fraction of sp³-hybridized carbons (Fsp3) is 0.231. The van der Waals surface area contributed by atoms with Crippen LogP contribution in [0.4, 0.5) is 5.69 Å². The van der Waals surface area contributed by atoms with Crippen molar-refractivity contribution in [2.75, 3.05) is 5.32 Å². The third-order valence-electron chi connectivity index (χ3n) is 2.94. The van der Waals surface area contributed by atoms with E-state index in [1.54, 1.807) is 0 Å². The molecule has 0 saturated carbocycles. The summed E-state index contributed by atoms with van der Waals surface area (Å²) in [6, 6.07) is 2.93. The first-order valence-corrected chi connectivity index (χ1v) is 6.43. The number of carbonyl (C=O) groups excluding carboxylic acids is 2. The number of anilines is 1. The van der Waals surface area contributed by atoms with Gasteiger partial charge in [0, 0.05) is 23.1 Å². The van der Waals surface area contributed by atoms with Crippen molar-refractivity contribution < 1.29 is 19.8 Å². The molecule has 20 heavy (non-hydrogen) atoms. The van der Waals surface area contributed by atoms with E-state index in [1.807, 2.05) is 0 Å². The van der Waals surface area contributed by atoms with E-state index in [1.165, 1.54) is 19.1 Å². The summed E-state index contributed by atoms with van der Waals surface area (Å²) in [5, 5.41) is 23.0. The molecule has 0 spiro atoms. The fourth-order valence-corrected chi connectivity index (χ4v) is 2.64. The molecular weight excluding hydrogens is 305 g/mol. The van der Waals surface area contributed by atoms with Gasteiger partial charge < -0.3 is 15.5 Å². The number of amides is 1. The summed E-state index contributed by atoms with van der Waals surface area (Å²) in [5.41, 5.74) is -1.75. The summed E-state index contributed by atoms with van der Waals surface area (Å²) < 4.78 is 0. The van der Waals surface area contributed by atoms with Crippen LogP contribution < -0.4 is 5.32 Å². The van der Waals surface area contributed by atoms with Crippen molar-refractivity contribution in [1.29, 1.82) is 0 Å². The summed E-state index contributed by atoms with van der Waals surface area (Å²) in [4.78, 5) is 22.9. The second-order valence-corrected chi connectivity index (χ2v) is 5.33. The van der Waals surface area contributed by atoms with Crippen molar-refractivity contribution in [3.05, 3.63) is 39.6 Å². The first-order valence-electron chi connectivity index (χ1n) is 5.68. The standard InChI is InChI=1S/C13H11Cl2NO4/c1-6(17)4-7(18)5-13(20)10-8(14)2-3-9(15)11(10)16-12(13)19/h2-4,18,20H,5H2,1H3,(H,16,19)/b7-4-. The fourth-order valence-electron chi connectivity index (χ4n) is 2.13. The quantitative estimate of drug-likeness (QED) is 0.591. The summed E-state index contributed by atoms with van der Waals surface area (Å²) in [5.74, 6) is -1.58. The largest absolute Gasteiger partial charge is 0.512 e. The lowest BCUT2D eigenvalue weighted by molar-refractivity contribution is -0.134. The highest BCUT2D eigenvalue weighted by Gasteiger charge is 2.48. The van der Waals surface area contributed by atoms with Crippen molar-refractivity contribution in [2.45, 2.75) is 18.9 Å². The molecule has 1 aromatic rings. The topological polar surface area (TPSA) is 86.6 Å². The van der Waals surface area contributed by atoms with Crippen molar-refractivity contribution in [1.82, 2.24) is 0 Å². The Hall–Kier alpha value is -1.56. The maximum Gasteiger partial charge on any atom is 0.261 e. The van der Waals surface area contributed by atoms with Crippen LogP contribution in [-0.4, -0.2) is 21.9 Å². The van der Waals surface area contributed by atoms with Gasteiger partial charge in [-0.05, 0) is 19.1 Å². The Balaban J connectivity index is 2.51. The molecule has 0 radical (unpaired) electrons. The van der Waals surface area contributed by atoms with E-state index >= 15 is 0 Å².